The molecule has 1 aromatic heterocycles. The van der Waals surface area contributed by atoms with Gasteiger partial charge in [0, 0.05) is 11.9 Å². The number of fused-ring (bicyclic) bond motifs is 1. The molecule has 29 heavy (non-hydrogen) atoms. The van der Waals surface area contributed by atoms with E-state index in [1.807, 2.05) is 6.92 Å². The molecule has 0 fully saturated rings. The fourth-order valence-corrected chi connectivity index (χ4v) is 3.03. The molecule has 0 saturated carbocycles. The monoisotopic (exact) mass is 414 g/mol. The van der Waals surface area contributed by atoms with Gasteiger partial charge < -0.3 is 9.84 Å². The first kappa shape index (κ1) is 20.3. The maximum absolute atomic E-state index is 12.7. The van der Waals surface area contributed by atoms with Crippen LogP contribution in [0.3, 0.4) is 0 Å². The smallest absolute Gasteiger partial charge is 0.292 e. The van der Waals surface area contributed by atoms with E-state index in [9.17, 15) is 14.7 Å². The molecule has 0 atom stereocenters. The van der Waals surface area contributed by atoms with Crippen LogP contribution in [-0.4, -0.2) is 34.1 Å². The van der Waals surface area contributed by atoms with Gasteiger partial charge in [-0.2, -0.15) is 10.2 Å². The van der Waals surface area contributed by atoms with Gasteiger partial charge in [0.2, 0.25) is 0 Å². The molecule has 0 aliphatic carbocycles. The quantitative estimate of drug-likeness (QED) is 0.476. The molecule has 0 saturated heterocycles. The summed E-state index contributed by atoms with van der Waals surface area (Å²) in [6, 6.07) is 9.80. The van der Waals surface area contributed by atoms with Gasteiger partial charge in [-0.3, -0.25) is 9.59 Å². The number of rotatable bonds is 6. The molecule has 0 radical (unpaired) electrons. The van der Waals surface area contributed by atoms with Gasteiger partial charge in [-0.25, -0.2) is 10.1 Å². The number of phenolic OH excluding ortho intramolecular Hbond substituents is 1. The molecule has 3 aromatic rings. The van der Waals surface area contributed by atoms with Crippen molar-refractivity contribution in [1.82, 2.24) is 15.2 Å². The number of carbonyl (C=O) groups is 1. The van der Waals surface area contributed by atoms with Crippen molar-refractivity contribution < 1.29 is 14.6 Å². The highest BCUT2D eigenvalue weighted by molar-refractivity contribution is 6.32. The van der Waals surface area contributed by atoms with Gasteiger partial charge in [-0.05, 0) is 30.2 Å². The lowest BCUT2D eigenvalue weighted by atomic mass is 10.1. The third-order valence-corrected chi connectivity index (χ3v) is 4.46. The lowest BCUT2D eigenvalue weighted by molar-refractivity contribution is 0.0949. The molecule has 8 nitrogen and oxygen atoms in total. The normalized spacial score (nSPS) is 11.1. The Kier molecular flexibility index (Phi) is 6.13. The van der Waals surface area contributed by atoms with Gasteiger partial charge >= 0.3 is 0 Å². The van der Waals surface area contributed by atoms with Crippen LogP contribution >= 0.6 is 11.6 Å². The minimum absolute atomic E-state index is 0.0939. The number of benzene rings is 2. The standard InChI is InChI=1S/C20H19ClN4O4/c1-3-8-25-20(28)14-7-5-4-6-13(14)17(24-25)19(27)23-22-11-12-9-15(21)18(26)16(10-12)29-2/h4-7,9-11,26H,3,8H2,1-2H3,(H,23,27)/b22-11+. The number of hydrogen-bond donors (Lipinski definition) is 2. The molecule has 2 aromatic carbocycles. The number of hydrazone groups is 1. The predicted octanol–water partition coefficient (Wildman–Crippen LogP) is 2.94. The lowest BCUT2D eigenvalue weighted by Crippen LogP contribution is -2.29. The summed E-state index contributed by atoms with van der Waals surface area (Å²) >= 11 is 5.94. The molecule has 2 N–H and O–H groups in total. The van der Waals surface area contributed by atoms with Crippen LogP contribution < -0.4 is 15.7 Å². The first-order valence-corrected chi connectivity index (χ1v) is 9.23. The van der Waals surface area contributed by atoms with Gasteiger partial charge in [-0.15, -0.1) is 0 Å². The van der Waals surface area contributed by atoms with Crippen LogP contribution in [0.1, 0.15) is 29.4 Å². The average molecular weight is 415 g/mol. The summed E-state index contributed by atoms with van der Waals surface area (Å²) in [6.45, 7) is 2.32. The van der Waals surface area contributed by atoms with E-state index >= 15 is 0 Å². The van der Waals surface area contributed by atoms with Crippen LogP contribution in [0.4, 0.5) is 0 Å². The molecule has 1 amide bonds. The molecule has 9 heteroatoms. The van der Waals surface area contributed by atoms with Crippen LogP contribution in [0.2, 0.25) is 5.02 Å². The number of hydrogen-bond acceptors (Lipinski definition) is 6. The van der Waals surface area contributed by atoms with Crippen LogP contribution in [0.25, 0.3) is 10.8 Å². The van der Waals surface area contributed by atoms with Gasteiger partial charge in [0.25, 0.3) is 11.5 Å². The van der Waals surface area contributed by atoms with Crippen molar-refractivity contribution in [3.63, 3.8) is 0 Å². The molecule has 0 spiro atoms. The van der Waals surface area contributed by atoms with Crippen molar-refractivity contribution in [2.75, 3.05) is 7.11 Å². The molecule has 0 bridgehead atoms. The Balaban J connectivity index is 1.91. The molecular weight excluding hydrogens is 396 g/mol. The van der Waals surface area contributed by atoms with Gasteiger partial charge in [-0.1, -0.05) is 36.7 Å². The first-order valence-electron chi connectivity index (χ1n) is 8.86. The van der Waals surface area contributed by atoms with E-state index in [0.29, 0.717) is 29.3 Å². The molecule has 0 unspecified atom stereocenters. The molecule has 1 heterocycles. The van der Waals surface area contributed by atoms with E-state index in [-0.39, 0.29) is 27.8 Å². The zero-order chi connectivity index (χ0) is 21.0. The van der Waals surface area contributed by atoms with Crippen molar-refractivity contribution in [2.24, 2.45) is 5.10 Å². The number of amides is 1. The van der Waals surface area contributed by atoms with Gasteiger partial charge in [0.15, 0.2) is 17.2 Å². The fraction of sp³-hybridized carbons (Fsp3) is 0.200. The number of halogens is 1. The van der Waals surface area contributed by atoms with E-state index in [2.05, 4.69) is 15.6 Å². The summed E-state index contributed by atoms with van der Waals surface area (Å²) in [7, 11) is 1.40. The third-order valence-electron chi connectivity index (χ3n) is 4.17. The predicted molar refractivity (Wildman–Crippen MR) is 111 cm³/mol. The minimum Gasteiger partial charge on any atom is -0.503 e. The SMILES string of the molecule is CCCn1nc(C(=O)N/N=C/c2cc(Cl)c(O)c(OC)c2)c2ccccc2c1=O. The molecule has 0 aliphatic heterocycles. The Morgan fingerprint density at radius 1 is 1.34 bits per heavy atom. The number of aromatic hydroxyl groups is 1. The van der Waals surface area contributed by atoms with E-state index in [1.54, 1.807) is 24.3 Å². The molecule has 0 aliphatic rings. The highest BCUT2D eigenvalue weighted by Crippen LogP contribution is 2.34. The maximum atomic E-state index is 12.7. The van der Waals surface area contributed by atoms with E-state index in [1.165, 1.54) is 30.1 Å². The number of nitrogens with one attached hydrogen (secondary N) is 1. The Morgan fingerprint density at radius 2 is 2.07 bits per heavy atom. The zero-order valence-electron chi connectivity index (χ0n) is 15.8. The summed E-state index contributed by atoms with van der Waals surface area (Å²) in [6.07, 6.45) is 2.06. The second-order valence-electron chi connectivity index (χ2n) is 6.18. The average Bonchev–Trinajstić information content (AvgIpc) is 2.72. The van der Waals surface area contributed by atoms with Crippen molar-refractivity contribution in [3.8, 4) is 11.5 Å². The zero-order valence-corrected chi connectivity index (χ0v) is 16.6. The van der Waals surface area contributed by atoms with Crippen LogP contribution in [0.15, 0.2) is 46.3 Å². The van der Waals surface area contributed by atoms with E-state index in [4.69, 9.17) is 16.3 Å². The largest absolute Gasteiger partial charge is 0.503 e. The number of aryl methyl sites for hydroxylation is 1. The van der Waals surface area contributed by atoms with Crippen molar-refractivity contribution in [1.29, 1.82) is 0 Å². The molecule has 3 rings (SSSR count). The summed E-state index contributed by atoms with van der Waals surface area (Å²) < 4.78 is 6.32. The molecular formula is C20H19ClN4O4. The summed E-state index contributed by atoms with van der Waals surface area (Å²) in [5, 5.41) is 18.9. The van der Waals surface area contributed by atoms with Crippen molar-refractivity contribution in [2.45, 2.75) is 19.9 Å². The minimum atomic E-state index is -0.556. The maximum Gasteiger partial charge on any atom is 0.292 e. The van der Waals surface area contributed by atoms with Crippen LogP contribution in [0.5, 0.6) is 11.5 Å². The lowest BCUT2D eigenvalue weighted by Gasteiger charge is -2.09. The Bertz CT molecular complexity index is 1160. The Hall–Kier alpha value is -3.39. The second-order valence-corrected chi connectivity index (χ2v) is 6.58. The summed E-state index contributed by atoms with van der Waals surface area (Å²) in [5.41, 5.74) is 2.78. The van der Waals surface area contributed by atoms with Crippen molar-refractivity contribution in [3.05, 3.63) is 63.0 Å². The van der Waals surface area contributed by atoms with Crippen LogP contribution in [0, 0.1) is 0 Å². The number of nitrogens with zero attached hydrogens (tertiary/aromatic N) is 3. The summed E-state index contributed by atoms with van der Waals surface area (Å²) in [4.78, 5) is 25.2. The van der Waals surface area contributed by atoms with Crippen LogP contribution in [-0.2, 0) is 6.54 Å². The number of aromatic nitrogens is 2. The number of methoxy groups -OCH3 is 1. The Morgan fingerprint density at radius 3 is 2.76 bits per heavy atom. The number of carbonyl (C=O) groups excluding carboxylic acids is 1. The van der Waals surface area contributed by atoms with Crippen molar-refractivity contribution >= 4 is 34.5 Å². The number of ether oxygens (including phenoxy) is 1. The second kappa shape index (κ2) is 8.74. The van der Waals surface area contributed by atoms with E-state index in [0.717, 1.165) is 0 Å². The third kappa shape index (κ3) is 4.22. The summed E-state index contributed by atoms with van der Waals surface area (Å²) in [5.74, 6) is -0.548. The van der Waals surface area contributed by atoms with E-state index < -0.39 is 5.91 Å². The molecule has 150 valence electrons. The van der Waals surface area contributed by atoms with Gasteiger partial charge in [0.1, 0.15) is 0 Å². The van der Waals surface area contributed by atoms with Gasteiger partial charge in [0.05, 0.1) is 23.7 Å². The number of phenols is 1. The first-order chi connectivity index (χ1) is 14.0. The highest BCUT2D eigenvalue weighted by atomic mass is 35.5. The topological polar surface area (TPSA) is 106 Å². The fourth-order valence-electron chi connectivity index (χ4n) is 2.81. The highest BCUT2D eigenvalue weighted by Gasteiger charge is 2.16. The Labute approximate surface area is 171 Å².